The van der Waals surface area contributed by atoms with Crippen molar-refractivity contribution in [2.24, 2.45) is 11.7 Å². The largest absolute Gasteiger partial charge is 0.496 e. The monoisotopic (exact) mass is 312 g/mol. The molecule has 0 heterocycles. The van der Waals surface area contributed by atoms with Gasteiger partial charge in [0.05, 0.1) is 7.11 Å². The Hall–Kier alpha value is -1.26. The summed E-state index contributed by atoms with van der Waals surface area (Å²) in [6.45, 7) is 2.63. The number of ether oxygens (including phenoxy) is 1. The third-order valence-electron chi connectivity index (χ3n) is 3.92. The van der Waals surface area contributed by atoms with Gasteiger partial charge in [0.2, 0.25) is 5.91 Å². The summed E-state index contributed by atoms with van der Waals surface area (Å²) in [6.07, 6.45) is 2.86. The van der Waals surface area contributed by atoms with E-state index in [9.17, 15) is 4.79 Å². The summed E-state index contributed by atoms with van der Waals surface area (Å²) >= 11 is 0. The molecule has 0 spiro atoms. The van der Waals surface area contributed by atoms with Crippen LogP contribution in [0.1, 0.15) is 37.7 Å². The molecule has 1 aromatic rings. The number of halogens is 1. The van der Waals surface area contributed by atoms with Gasteiger partial charge in [0.15, 0.2) is 0 Å². The van der Waals surface area contributed by atoms with Gasteiger partial charge in [-0.1, -0.05) is 25.1 Å². The molecule has 2 unspecified atom stereocenters. The van der Waals surface area contributed by atoms with Gasteiger partial charge in [0.1, 0.15) is 5.75 Å². The summed E-state index contributed by atoms with van der Waals surface area (Å²) in [6, 6.07) is 7.94. The molecule has 0 aromatic heterocycles. The van der Waals surface area contributed by atoms with Crippen LogP contribution >= 0.6 is 12.4 Å². The maximum absolute atomic E-state index is 12.0. The SMILES string of the molecule is COc1ccccc1C(C)CC(=O)NCC(N)C1CC1.Cl. The number of methoxy groups -OCH3 is 1. The van der Waals surface area contributed by atoms with Gasteiger partial charge in [-0.2, -0.15) is 0 Å². The molecule has 1 amide bonds. The van der Waals surface area contributed by atoms with Crippen LogP contribution in [-0.4, -0.2) is 25.6 Å². The molecule has 0 radical (unpaired) electrons. The van der Waals surface area contributed by atoms with Gasteiger partial charge < -0.3 is 15.8 Å². The normalized spacial score (nSPS) is 16.5. The Kier molecular flexibility index (Phi) is 6.99. The summed E-state index contributed by atoms with van der Waals surface area (Å²) < 4.78 is 5.33. The number of hydrogen-bond donors (Lipinski definition) is 2. The molecule has 1 saturated carbocycles. The molecule has 0 aliphatic heterocycles. The number of amides is 1. The molecule has 0 saturated heterocycles. The van der Waals surface area contributed by atoms with E-state index in [2.05, 4.69) is 5.32 Å². The number of nitrogens with two attached hydrogens (primary N) is 1. The predicted molar refractivity (Wildman–Crippen MR) is 87.0 cm³/mol. The molecular formula is C16H25ClN2O2. The van der Waals surface area contributed by atoms with Crippen molar-refractivity contribution in [2.75, 3.05) is 13.7 Å². The average molecular weight is 313 g/mol. The van der Waals surface area contributed by atoms with Crippen molar-refractivity contribution in [1.82, 2.24) is 5.32 Å². The van der Waals surface area contributed by atoms with Crippen molar-refractivity contribution in [3.63, 3.8) is 0 Å². The Morgan fingerprint density at radius 2 is 2.10 bits per heavy atom. The molecule has 118 valence electrons. The molecular weight excluding hydrogens is 288 g/mol. The van der Waals surface area contributed by atoms with Gasteiger partial charge in [-0.05, 0) is 36.3 Å². The second-order valence-corrected chi connectivity index (χ2v) is 5.65. The maximum Gasteiger partial charge on any atom is 0.220 e. The molecule has 1 aliphatic carbocycles. The minimum Gasteiger partial charge on any atom is -0.496 e. The van der Waals surface area contributed by atoms with E-state index < -0.39 is 0 Å². The Labute approximate surface area is 132 Å². The number of carbonyl (C=O) groups is 1. The highest BCUT2D eigenvalue weighted by molar-refractivity contribution is 5.85. The fourth-order valence-corrected chi connectivity index (χ4v) is 2.46. The lowest BCUT2D eigenvalue weighted by Crippen LogP contribution is -2.38. The fraction of sp³-hybridized carbons (Fsp3) is 0.562. The number of benzene rings is 1. The summed E-state index contributed by atoms with van der Waals surface area (Å²) in [5, 5.41) is 2.94. The first-order chi connectivity index (χ1) is 9.61. The minimum atomic E-state index is 0. The second-order valence-electron chi connectivity index (χ2n) is 5.65. The number of nitrogens with one attached hydrogen (secondary N) is 1. The van der Waals surface area contributed by atoms with E-state index in [1.807, 2.05) is 31.2 Å². The highest BCUT2D eigenvalue weighted by atomic mass is 35.5. The first kappa shape index (κ1) is 17.8. The lowest BCUT2D eigenvalue weighted by atomic mass is 9.96. The Bertz CT molecular complexity index is 463. The van der Waals surface area contributed by atoms with Crippen molar-refractivity contribution < 1.29 is 9.53 Å². The highest BCUT2D eigenvalue weighted by Gasteiger charge is 2.28. The average Bonchev–Trinajstić information content (AvgIpc) is 3.29. The van der Waals surface area contributed by atoms with E-state index >= 15 is 0 Å². The molecule has 21 heavy (non-hydrogen) atoms. The summed E-state index contributed by atoms with van der Waals surface area (Å²) in [5.74, 6) is 1.63. The first-order valence-corrected chi connectivity index (χ1v) is 7.27. The van der Waals surface area contributed by atoms with E-state index in [1.165, 1.54) is 12.8 Å². The zero-order valence-electron chi connectivity index (χ0n) is 12.7. The molecule has 0 bridgehead atoms. The quantitative estimate of drug-likeness (QED) is 0.813. The first-order valence-electron chi connectivity index (χ1n) is 7.27. The van der Waals surface area contributed by atoms with Crippen LogP contribution in [0.3, 0.4) is 0 Å². The van der Waals surface area contributed by atoms with Crippen LogP contribution in [0.15, 0.2) is 24.3 Å². The van der Waals surface area contributed by atoms with Gasteiger partial charge in [0.25, 0.3) is 0 Å². The van der Waals surface area contributed by atoms with Gasteiger partial charge in [-0.3, -0.25) is 4.79 Å². The summed E-state index contributed by atoms with van der Waals surface area (Å²) in [5.41, 5.74) is 7.05. The molecule has 1 fully saturated rings. The molecule has 4 nitrogen and oxygen atoms in total. The van der Waals surface area contributed by atoms with Crippen molar-refractivity contribution in [2.45, 2.75) is 38.1 Å². The molecule has 1 aliphatic rings. The van der Waals surface area contributed by atoms with Crippen LogP contribution in [0, 0.1) is 5.92 Å². The third kappa shape index (κ3) is 5.21. The van der Waals surface area contributed by atoms with Crippen molar-refractivity contribution in [1.29, 1.82) is 0 Å². The smallest absolute Gasteiger partial charge is 0.220 e. The van der Waals surface area contributed by atoms with E-state index in [0.29, 0.717) is 18.9 Å². The van der Waals surface area contributed by atoms with E-state index in [-0.39, 0.29) is 30.3 Å². The molecule has 5 heteroatoms. The number of hydrogen-bond acceptors (Lipinski definition) is 3. The number of carbonyl (C=O) groups excluding carboxylic acids is 1. The lowest BCUT2D eigenvalue weighted by Gasteiger charge is -2.16. The molecule has 2 rings (SSSR count). The molecule has 1 aromatic carbocycles. The lowest BCUT2D eigenvalue weighted by molar-refractivity contribution is -0.121. The van der Waals surface area contributed by atoms with Crippen molar-refractivity contribution >= 4 is 18.3 Å². The van der Waals surface area contributed by atoms with Crippen LogP contribution in [0.5, 0.6) is 5.75 Å². The van der Waals surface area contributed by atoms with Gasteiger partial charge in [0, 0.05) is 19.0 Å². The van der Waals surface area contributed by atoms with Crippen LogP contribution in [0.25, 0.3) is 0 Å². The summed E-state index contributed by atoms with van der Waals surface area (Å²) in [4.78, 5) is 12.0. The van der Waals surface area contributed by atoms with Gasteiger partial charge >= 0.3 is 0 Å². The van der Waals surface area contributed by atoms with Crippen LogP contribution in [0.2, 0.25) is 0 Å². The zero-order valence-corrected chi connectivity index (χ0v) is 13.5. The van der Waals surface area contributed by atoms with E-state index in [4.69, 9.17) is 10.5 Å². The van der Waals surface area contributed by atoms with Crippen molar-refractivity contribution in [3.8, 4) is 5.75 Å². The highest BCUT2D eigenvalue weighted by Crippen LogP contribution is 2.31. The topological polar surface area (TPSA) is 64.3 Å². The fourth-order valence-electron chi connectivity index (χ4n) is 2.46. The predicted octanol–water partition coefficient (Wildman–Crippen LogP) is 2.46. The summed E-state index contributed by atoms with van der Waals surface area (Å²) in [7, 11) is 1.65. The number of para-hydroxylation sites is 1. The van der Waals surface area contributed by atoms with Crippen LogP contribution in [0.4, 0.5) is 0 Å². The third-order valence-corrected chi connectivity index (χ3v) is 3.92. The Morgan fingerprint density at radius 1 is 1.43 bits per heavy atom. The second kappa shape index (κ2) is 8.25. The number of rotatable bonds is 7. The van der Waals surface area contributed by atoms with Gasteiger partial charge in [-0.15, -0.1) is 12.4 Å². The standard InChI is InChI=1S/C16H24N2O2.ClH/c1-11(13-5-3-4-6-15(13)20-2)9-16(19)18-10-14(17)12-7-8-12;/h3-6,11-12,14H,7-10,17H2,1-2H3,(H,18,19);1H. The molecule has 2 atom stereocenters. The maximum atomic E-state index is 12.0. The van der Waals surface area contributed by atoms with Crippen LogP contribution in [-0.2, 0) is 4.79 Å². The minimum absolute atomic E-state index is 0. The Morgan fingerprint density at radius 3 is 2.71 bits per heavy atom. The van der Waals surface area contributed by atoms with Crippen molar-refractivity contribution in [3.05, 3.63) is 29.8 Å². The van der Waals surface area contributed by atoms with E-state index in [0.717, 1.165) is 11.3 Å². The van der Waals surface area contributed by atoms with Crippen LogP contribution < -0.4 is 15.8 Å². The zero-order chi connectivity index (χ0) is 14.5. The Balaban J connectivity index is 0.00000220. The van der Waals surface area contributed by atoms with E-state index in [1.54, 1.807) is 7.11 Å². The van der Waals surface area contributed by atoms with Gasteiger partial charge in [-0.25, -0.2) is 0 Å². The molecule has 3 N–H and O–H groups in total.